The molecular formula is C62H117NO5. The molecule has 0 rings (SSSR count). The van der Waals surface area contributed by atoms with Gasteiger partial charge in [0.1, 0.15) is 0 Å². The van der Waals surface area contributed by atoms with E-state index in [0.717, 1.165) is 51.4 Å². The Hall–Kier alpha value is -1.92. The summed E-state index contributed by atoms with van der Waals surface area (Å²) < 4.78 is 5.50. The van der Waals surface area contributed by atoms with Crippen molar-refractivity contribution in [3.8, 4) is 0 Å². The zero-order chi connectivity index (χ0) is 49.3. The van der Waals surface area contributed by atoms with E-state index in [9.17, 15) is 19.8 Å². The molecule has 0 aliphatic heterocycles. The van der Waals surface area contributed by atoms with Gasteiger partial charge in [-0.3, -0.25) is 9.59 Å². The first-order chi connectivity index (χ1) is 33.5. The average Bonchev–Trinajstić information content (AvgIpc) is 3.34. The fourth-order valence-corrected chi connectivity index (χ4v) is 9.21. The molecule has 400 valence electrons. The van der Waals surface area contributed by atoms with Crippen LogP contribution in [0.2, 0.25) is 0 Å². The Morgan fingerprint density at radius 2 is 0.691 bits per heavy atom. The third-order valence-electron chi connectivity index (χ3n) is 13.9. The van der Waals surface area contributed by atoms with Gasteiger partial charge in [0.2, 0.25) is 5.91 Å². The molecule has 6 nitrogen and oxygen atoms in total. The zero-order valence-electron chi connectivity index (χ0n) is 45.6. The number of allylic oxidation sites excluding steroid dienone is 5. The van der Waals surface area contributed by atoms with E-state index in [1.807, 2.05) is 6.08 Å². The number of carbonyl (C=O) groups is 2. The molecule has 3 N–H and O–H groups in total. The maximum absolute atomic E-state index is 12.4. The number of carbonyl (C=O) groups excluding carboxylic acids is 2. The van der Waals surface area contributed by atoms with Crippen molar-refractivity contribution in [2.24, 2.45) is 0 Å². The normalized spacial score (nSPS) is 12.8. The van der Waals surface area contributed by atoms with E-state index in [-0.39, 0.29) is 18.5 Å². The number of aliphatic hydroxyl groups is 2. The topological polar surface area (TPSA) is 95.9 Å². The number of ether oxygens (including phenoxy) is 1. The van der Waals surface area contributed by atoms with Crippen LogP contribution < -0.4 is 5.32 Å². The van der Waals surface area contributed by atoms with Crippen LogP contribution in [-0.4, -0.2) is 47.4 Å². The minimum atomic E-state index is -0.846. The second-order valence-corrected chi connectivity index (χ2v) is 20.7. The molecule has 2 unspecified atom stereocenters. The van der Waals surface area contributed by atoms with Crippen LogP contribution >= 0.6 is 0 Å². The van der Waals surface area contributed by atoms with Crippen LogP contribution in [0.25, 0.3) is 0 Å². The van der Waals surface area contributed by atoms with Crippen LogP contribution in [-0.2, 0) is 14.3 Å². The number of aliphatic hydroxyl groups excluding tert-OH is 2. The Labute approximate surface area is 424 Å². The quantitative estimate of drug-likeness (QED) is 0.0321. The number of nitrogens with one attached hydrogen (secondary N) is 1. The van der Waals surface area contributed by atoms with Gasteiger partial charge in [0, 0.05) is 12.8 Å². The van der Waals surface area contributed by atoms with Gasteiger partial charge < -0.3 is 20.3 Å². The van der Waals surface area contributed by atoms with Crippen molar-refractivity contribution >= 4 is 11.9 Å². The molecule has 0 aromatic rings. The number of unbranched alkanes of at least 4 members (excludes halogenated alkanes) is 41. The molecule has 0 bridgehead atoms. The van der Waals surface area contributed by atoms with Gasteiger partial charge in [0.25, 0.3) is 0 Å². The fraction of sp³-hybridized carbons (Fsp3) is 0.871. The predicted molar refractivity (Wildman–Crippen MR) is 296 cm³/mol. The maximum atomic E-state index is 12.4. The molecule has 0 radical (unpaired) electrons. The number of hydrogen-bond donors (Lipinski definition) is 3. The first kappa shape index (κ1) is 66.1. The minimum Gasteiger partial charge on any atom is -0.466 e. The van der Waals surface area contributed by atoms with Crippen molar-refractivity contribution in [3.63, 3.8) is 0 Å². The van der Waals surface area contributed by atoms with E-state index in [2.05, 4.69) is 43.5 Å². The Morgan fingerprint density at radius 3 is 1.04 bits per heavy atom. The van der Waals surface area contributed by atoms with E-state index in [4.69, 9.17) is 4.74 Å². The summed E-state index contributed by atoms with van der Waals surface area (Å²) in [7, 11) is 0. The Balaban J connectivity index is 3.38. The minimum absolute atomic E-state index is 0.0103. The molecule has 0 spiro atoms. The molecular weight excluding hydrogens is 839 g/mol. The van der Waals surface area contributed by atoms with E-state index < -0.39 is 12.1 Å². The molecule has 0 saturated carbocycles. The van der Waals surface area contributed by atoms with E-state index in [1.54, 1.807) is 6.08 Å². The van der Waals surface area contributed by atoms with Gasteiger partial charge in [-0.1, -0.05) is 262 Å². The summed E-state index contributed by atoms with van der Waals surface area (Å²) in [6.07, 6.45) is 71.9. The highest BCUT2D eigenvalue weighted by atomic mass is 16.5. The lowest BCUT2D eigenvalue weighted by molar-refractivity contribution is -0.143. The van der Waals surface area contributed by atoms with Gasteiger partial charge in [-0.15, -0.1) is 0 Å². The highest BCUT2D eigenvalue weighted by molar-refractivity contribution is 5.76. The van der Waals surface area contributed by atoms with Gasteiger partial charge in [0.05, 0.1) is 25.4 Å². The summed E-state index contributed by atoms with van der Waals surface area (Å²) in [5.41, 5.74) is 0. The highest BCUT2D eigenvalue weighted by Gasteiger charge is 2.18. The molecule has 0 fully saturated rings. The Kier molecular flexibility index (Phi) is 56.0. The van der Waals surface area contributed by atoms with Crippen LogP contribution in [0.5, 0.6) is 0 Å². The molecule has 0 aromatic carbocycles. The lowest BCUT2D eigenvalue weighted by atomic mass is 10.0. The lowest BCUT2D eigenvalue weighted by Gasteiger charge is -2.20. The summed E-state index contributed by atoms with van der Waals surface area (Å²) in [5, 5.41) is 22.9. The fourth-order valence-electron chi connectivity index (χ4n) is 9.21. The number of esters is 1. The Bertz CT molecular complexity index is 1100. The van der Waals surface area contributed by atoms with Crippen LogP contribution in [0.3, 0.4) is 0 Å². The van der Waals surface area contributed by atoms with E-state index in [0.29, 0.717) is 19.4 Å². The molecule has 0 heterocycles. The highest BCUT2D eigenvalue weighted by Crippen LogP contribution is 2.16. The van der Waals surface area contributed by atoms with Crippen LogP contribution in [0.15, 0.2) is 36.5 Å². The van der Waals surface area contributed by atoms with E-state index in [1.165, 1.54) is 244 Å². The van der Waals surface area contributed by atoms with Crippen molar-refractivity contribution < 1.29 is 24.5 Å². The van der Waals surface area contributed by atoms with Gasteiger partial charge in [0.15, 0.2) is 0 Å². The van der Waals surface area contributed by atoms with Gasteiger partial charge in [-0.2, -0.15) is 0 Å². The second-order valence-electron chi connectivity index (χ2n) is 20.7. The first-order valence-electron chi connectivity index (χ1n) is 30.3. The van der Waals surface area contributed by atoms with Crippen LogP contribution in [0, 0.1) is 0 Å². The standard InChI is InChI=1S/C62H117NO5/c1-3-5-7-9-11-13-14-15-16-17-23-27-30-33-36-40-44-48-52-56-62(67)68-57-53-49-45-41-37-34-31-28-25-22-20-18-19-21-24-26-29-32-35-39-43-47-51-55-61(66)63-59(58-64)60(65)54-50-46-42-38-12-10-8-6-4-2/h15-16,21,24,50,54,59-60,64-65H,3-14,17-20,22-23,25-49,51-53,55-58H2,1-2H3,(H,63,66)/b16-15-,24-21-,54-50+. The summed E-state index contributed by atoms with van der Waals surface area (Å²) in [6.45, 7) is 4.87. The zero-order valence-corrected chi connectivity index (χ0v) is 45.6. The summed E-state index contributed by atoms with van der Waals surface area (Å²) >= 11 is 0. The maximum Gasteiger partial charge on any atom is 0.305 e. The number of amides is 1. The molecule has 6 heteroatoms. The number of rotatable bonds is 56. The predicted octanol–water partition coefficient (Wildman–Crippen LogP) is 18.8. The number of hydrogen-bond acceptors (Lipinski definition) is 5. The molecule has 2 atom stereocenters. The van der Waals surface area contributed by atoms with Crippen LogP contribution in [0.4, 0.5) is 0 Å². The first-order valence-corrected chi connectivity index (χ1v) is 30.3. The molecule has 0 aliphatic rings. The Morgan fingerprint density at radius 1 is 0.397 bits per heavy atom. The van der Waals surface area contributed by atoms with E-state index >= 15 is 0 Å². The summed E-state index contributed by atoms with van der Waals surface area (Å²) in [4.78, 5) is 24.5. The SMILES string of the molecule is CCCCCCCC/C=C\CCCCCCCCCCCC(=O)OCCCCCCCCCCCCCC/C=C\CCCCCCCCCC(=O)NC(CO)C(O)/C=C/CCCCCCCCC. The molecule has 68 heavy (non-hydrogen) atoms. The smallest absolute Gasteiger partial charge is 0.305 e. The van der Waals surface area contributed by atoms with Crippen molar-refractivity contribution in [2.75, 3.05) is 13.2 Å². The van der Waals surface area contributed by atoms with Gasteiger partial charge in [-0.05, 0) is 83.5 Å². The van der Waals surface area contributed by atoms with Gasteiger partial charge >= 0.3 is 5.97 Å². The summed E-state index contributed by atoms with van der Waals surface area (Å²) in [5.74, 6) is -0.0667. The molecule has 1 amide bonds. The second kappa shape index (κ2) is 57.7. The van der Waals surface area contributed by atoms with Crippen LogP contribution in [0.1, 0.15) is 322 Å². The monoisotopic (exact) mass is 956 g/mol. The van der Waals surface area contributed by atoms with Crippen molar-refractivity contribution in [2.45, 2.75) is 334 Å². The lowest BCUT2D eigenvalue weighted by Crippen LogP contribution is -2.45. The largest absolute Gasteiger partial charge is 0.466 e. The van der Waals surface area contributed by atoms with Gasteiger partial charge in [-0.25, -0.2) is 0 Å². The molecule has 0 saturated heterocycles. The third kappa shape index (κ3) is 53.4. The molecule has 0 aliphatic carbocycles. The third-order valence-corrected chi connectivity index (χ3v) is 13.9. The van der Waals surface area contributed by atoms with Crippen molar-refractivity contribution in [1.29, 1.82) is 0 Å². The molecule has 0 aromatic heterocycles. The average molecular weight is 957 g/mol. The van der Waals surface area contributed by atoms with Crippen molar-refractivity contribution in [1.82, 2.24) is 5.32 Å². The van der Waals surface area contributed by atoms with Crippen molar-refractivity contribution in [3.05, 3.63) is 36.5 Å². The summed E-state index contributed by atoms with van der Waals surface area (Å²) in [6, 6.07) is -0.630.